The lowest BCUT2D eigenvalue weighted by Crippen LogP contribution is -2.31. The highest BCUT2D eigenvalue weighted by Gasteiger charge is 2.22. The lowest BCUT2D eigenvalue weighted by atomic mass is 10.1. The van der Waals surface area contributed by atoms with Gasteiger partial charge in [-0.25, -0.2) is 10.4 Å². The van der Waals surface area contributed by atoms with Crippen molar-refractivity contribution in [3.05, 3.63) is 35.9 Å². The summed E-state index contributed by atoms with van der Waals surface area (Å²) in [6, 6.07) is 0. The quantitative estimate of drug-likeness (QED) is 0.560. The Balaban J connectivity index is 2.04. The van der Waals surface area contributed by atoms with E-state index >= 15 is 0 Å². The summed E-state index contributed by atoms with van der Waals surface area (Å²) < 4.78 is 0. The van der Waals surface area contributed by atoms with Crippen LogP contribution >= 0.6 is 0 Å². The van der Waals surface area contributed by atoms with Crippen molar-refractivity contribution in [3.8, 4) is 0 Å². The molecule has 66 valence electrons. The highest BCUT2D eigenvalue weighted by molar-refractivity contribution is 5.87. The summed E-state index contributed by atoms with van der Waals surface area (Å²) in [4.78, 5) is 4.52. The molecule has 0 radical (unpaired) electrons. The first-order valence-electron chi connectivity index (χ1n) is 4.39. The maximum atomic E-state index is 4.52. The van der Waals surface area contributed by atoms with Crippen LogP contribution in [0.25, 0.3) is 0 Å². The first kappa shape index (κ1) is 6.91. The summed E-state index contributed by atoms with van der Waals surface area (Å²) >= 11 is 0. The molecule has 2 N–H and O–H groups in total. The zero-order valence-corrected chi connectivity index (χ0v) is 7.12. The Labute approximate surface area is 76.3 Å². The van der Waals surface area contributed by atoms with Crippen LogP contribution in [-0.4, -0.2) is 17.4 Å². The van der Waals surface area contributed by atoms with Gasteiger partial charge in [0.05, 0.1) is 5.70 Å². The molecular formula is C9H10N4. The molecule has 0 spiro atoms. The second-order valence-electron chi connectivity index (χ2n) is 3.17. The maximum absolute atomic E-state index is 4.52. The van der Waals surface area contributed by atoms with Crippen LogP contribution in [0.1, 0.15) is 6.42 Å². The Hall–Kier alpha value is -1.55. The Bertz CT molecular complexity index is 362. The molecule has 4 heteroatoms. The summed E-state index contributed by atoms with van der Waals surface area (Å²) in [5, 5.41) is 5.04. The molecule has 0 amide bonds. The van der Waals surface area contributed by atoms with E-state index in [0.717, 1.165) is 30.1 Å². The number of amidine groups is 1. The normalized spacial score (nSPS) is 24.0. The minimum absolute atomic E-state index is 0.979. The number of allylic oxidation sites excluding steroid dienone is 1. The number of dihydropyridines is 1. The molecule has 0 bridgehead atoms. The predicted molar refractivity (Wildman–Crippen MR) is 50.3 cm³/mol. The Morgan fingerprint density at radius 1 is 1.46 bits per heavy atom. The van der Waals surface area contributed by atoms with Crippen molar-refractivity contribution in [3.63, 3.8) is 0 Å². The van der Waals surface area contributed by atoms with Gasteiger partial charge in [-0.1, -0.05) is 0 Å². The van der Waals surface area contributed by atoms with Crippen molar-refractivity contribution in [2.45, 2.75) is 6.42 Å². The van der Waals surface area contributed by atoms with E-state index in [1.165, 1.54) is 0 Å². The van der Waals surface area contributed by atoms with E-state index in [-0.39, 0.29) is 0 Å². The second-order valence-corrected chi connectivity index (χ2v) is 3.17. The van der Waals surface area contributed by atoms with Gasteiger partial charge in [0, 0.05) is 37.1 Å². The van der Waals surface area contributed by atoms with Gasteiger partial charge in [0.2, 0.25) is 0 Å². The first-order valence-corrected chi connectivity index (χ1v) is 4.39. The number of fused-ring (bicyclic) bond motifs is 2. The van der Waals surface area contributed by atoms with Gasteiger partial charge >= 0.3 is 0 Å². The van der Waals surface area contributed by atoms with Gasteiger partial charge in [0.25, 0.3) is 0 Å². The zero-order chi connectivity index (χ0) is 8.67. The Morgan fingerprint density at radius 2 is 2.46 bits per heavy atom. The van der Waals surface area contributed by atoms with Gasteiger partial charge in [-0.15, -0.1) is 0 Å². The molecule has 0 atom stereocenters. The molecule has 0 aromatic carbocycles. The van der Waals surface area contributed by atoms with Crippen molar-refractivity contribution < 1.29 is 0 Å². The van der Waals surface area contributed by atoms with Gasteiger partial charge in [-0.2, -0.15) is 0 Å². The molecule has 0 unspecified atom stereocenters. The van der Waals surface area contributed by atoms with Crippen LogP contribution in [0.15, 0.2) is 40.9 Å². The fourth-order valence-electron chi connectivity index (χ4n) is 1.65. The van der Waals surface area contributed by atoms with Gasteiger partial charge in [0.15, 0.2) is 0 Å². The summed E-state index contributed by atoms with van der Waals surface area (Å²) in [7, 11) is 0. The lowest BCUT2D eigenvalue weighted by molar-refractivity contribution is 0.456. The SMILES string of the molecule is C1=CC2=CN3NCCC3=NC2=CN1. The molecule has 3 heterocycles. The topological polar surface area (TPSA) is 39.7 Å². The van der Waals surface area contributed by atoms with E-state index in [4.69, 9.17) is 0 Å². The van der Waals surface area contributed by atoms with E-state index in [1.54, 1.807) is 0 Å². The largest absolute Gasteiger partial charge is 0.366 e. The van der Waals surface area contributed by atoms with E-state index in [2.05, 4.69) is 21.9 Å². The van der Waals surface area contributed by atoms with Crippen molar-refractivity contribution in [1.82, 2.24) is 15.8 Å². The summed E-state index contributed by atoms with van der Waals surface area (Å²) in [5.41, 5.74) is 5.41. The predicted octanol–water partition coefficient (Wildman–Crippen LogP) is 0.451. The average Bonchev–Trinajstić information content (AvgIpc) is 2.61. The number of aliphatic imine (C=N–C) groups is 1. The van der Waals surface area contributed by atoms with E-state index in [9.17, 15) is 0 Å². The highest BCUT2D eigenvalue weighted by atomic mass is 15.5. The fraction of sp³-hybridized carbons (Fsp3) is 0.222. The number of rotatable bonds is 0. The monoisotopic (exact) mass is 174 g/mol. The van der Waals surface area contributed by atoms with Crippen molar-refractivity contribution in [2.75, 3.05) is 6.54 Å². The Morgan fingerprint density at radius 3 is 3.46 bits per heavy atom. The molecule has 1 saturated heterocycles. The summed E-state index contributed by atoms with van der Waals surface area (Å²) in [6.07, 6.45) is 8.94. The number of hydrazine groups is 1. The average molecular weight is 174 g/mol. The van der Waals surface area contributed by atoms with Gasteiger partial charge in [0.1, 0.15) is 5.84 Å². The zero-order valence-electron chi connectivity index (χ0n) is 7.12. The van der Waals surface area contributed by atoms with E-state index in [0.29, 0.717) is 0 Å². The number of hydrogen-bond acceptors (Lipinski definition) is 4. The minimum atomic E-state index is 0.979. The Kier molecular flexibility index (Phi) is 1.31. The second kappa shape index (κ2) is 2.47. The van der Waals surface area contributed by atoms with Crippen LogP contribution < -0.4 is 10.7 Å². The molecule has 3 aliphatic rings. The van der Waals surface area contributed by atoms with E-state index < -0.39 is 0 Å². The van der Waals surface area contributed by atoms with Crippen LogP contribution in [0.3, 0.4) is 0 Å². The molecule has 0 aromatic rings. The van der Waals surface area contributed by atoms with Crippen molar-refractivity contribution in [1.29, 1.82) is 0 Å². The van der Waals surface area contributed by atoms with Gasteiger partial charge in [-0.3, -0.25) is 5.01 Å². The molecule has 13 heavy (non-hydrogen) atoms. The molecular weight excluding hydrogens is 164 g/mol. The van der Waals surface area contributed by atoms with Crippen LogP contribution in [0, 0.1) is 0 Å². The van der Waals surface area contributed by atoms with Gasteiger partial charge in [-0.05, 0) is 6.08 Å². The third-order valence-corrected chi connectivity index (χ3v) is 2.30. The smallest absolute Gasteiger partial charge is 0.125 e. The van der Waals surface area contributed by atoms with Crippen molar-refractivity contribution >= 4 is 5.84 Å². The highest BCUT2D eigenvalue weighted by Crippen LogP contribution is 2.23. The van der Waals surface area contributed by atoms with Crippen LogP contribution in [0.5, 0.6) is 0 Å². The molecule has 1 fully saturated rings. The number of nitrogens with zero attached hydrogens (tertiary/aromatic N) is 2. The van der Waals surface area contributed by atoms with Crippen molar-refractivity contribution in [2.24, 2.45) is 4.99 Å². The number of hydrogen-bond donors (Lipinski definition) is 2. The molecule has 0 aliphatic carbocycles. The minimum Gasteiger partial charge on any atom is -0.366 e. The molecule has 3 rings (SSSR count). The molecule has 0 saturated carbocycles. The molecule has 3 aliphatic heterocycles. The lowest BCUT2D eigenvalue weighted by Gasteiger charge is -2.22. The van der Waals surface area contributed by atoms with Crippen LogP contribution in [-0.2, 0) is 0 Å². The van der Waals surface area contributed by atoms with Crippen LogP contribution in [0.2, 0.25) is 0 Å². The van der Waals surface area contributed by atoms with Gasteiger partial charge < -0.3 is 5.32 Å². The summed E-state index contributed by atoms with van der Waals surface area (Å²) in [6.45, 7) is 0.979. The maximum Gasteiger partial charge on any atom is 0.125 e. The molecule has 0 aromatic heterocycles. The summed E-state index contributed by atoms with van der Waals surface area (Å²) in [5.74, 6) is 1.10. The molecule has 4 nitrogen and oxygen atoms in total. The standard InChI is InChI=1S/C9H10N4/c1-3-10-5-8-7(1)6-13-9(12-8)2-4-11-13/h1,3,5-6,10-11H,2,4H2. The number of nitrogens with one attached hydrogen (secondary N) is 2. The third-order valence-electron chi connectivity index (χ3n) is 2.30. The first-order chi connectivity index (χ1) is 6.43. The fourth-order valence-corrected chi connectivity index (χ4v) is 1.65. The third kappa shape index (κ3) is 0.990. The van der Waals surface area contributed by atoms with Crippen LogP contribution in [0.4, 0.5) is 0 Å². The van der Waals surface area contributed by atoms with E-state index in [1.807, 2.05) is 23.5 Å².